The zero-order valence-corrected chi connectivity index (χ0v) is 13.1. The SMILES string of the molecule is [N-]=[N+]=NCN(CN(CN(CN(CN=[N+]=[N-])[N+](=O)[O-])[N+](=O)[O-])[N+](=O)[O-])[N+](=O)[O-]. The molecule has 0 rings (SSSR count). The topological polar surface area (TPSA) is 283 Å². The summed E-state index contributed by atoms with van der Waals surface area (Å²) < 4.78 is 0. The van der Waals surface area contributed by atoms with Crippen LogP contribution in [0.2, 0.25) is 0 Å². The Morgan fingerprint density at radius 1 is 0.630 bits per heavy atom. The van der Waals surface area contributed by atoms with Gasteiger partial charge < -0.3 is 0 Å². The predicted octanol–water partition coefficient (Wildman–Crippen LogP) is -0.631. The first-order chi connectivity index (χ1) is 12.6. The molecule has 0 N–H and O–H groups in total. The summed E-state index contributed by atoms with van der Waals surface area (Å²) in [6.45, 7) is -5.40. The van der Waals surface area contributed by atoms with Gasteiger partial charge in [0.05, 0.1) is 0 Å². The van der Waals surface area contributed by atoms with Gasteiger partial charge in [-0.2, -0.15) is 0 Å². The van der Waals surface area contributed by atoms with E-state index in [-0.39, 0.29) is 20.0 Å². The van der Waals surface area contributed by atoms with Crippen LogP contribution in [-0.4, -0.2) is 73.5 Å². The van der Waals surface area contributed by atoms with Gasteiger partial charge in [0, 0.05) is 9.82 Å². The van der Waals surface area contributed by atoms with E-state index < -0.39 is 53.5 Å². The molecule has 22 heteroatoms. The van der Waals surface area contributed by atoms with Crippen LogP contribution < -0.4 is 0 Å². The van der Waals surface area contributed by atoms with Gasteiger partial charge >= 0.3 is 0 Å². The summed E-state index contributed by atoms with van der Waals surface area (Å²) >= 11 is 0. The van der Waals surface area contributed by atoms with Crippen LogP contribution in [-0.2, 0) is 0 Å². The van der Waals surface area contributed by atoms with Crippen LogP contribution in [0.3, 0.4) is 0 Å². The molecule has 0 aliphatic carbocycles. The molecule has 0 spiro atoms. The molecule has 0 radical (unpaired) electrons. The standard InChI is InChI=1S/C5H10N14O8/c6-10-8-1-12(16(20)21)3-14(18(24)25)5-15(19(26)27)4-13(17(22)23)2-9-11-7/h1-5H2. The smallest absolute Gasteiger partial charge is 0.212 e. The van der Waals surface area contributed by atoms with Crippen LogP contribution in [0.15, 0.2) is 10.2 Å². The highest BCUT2D eigenvalue weighted by Gasteiger charge is 2.33. The first-order valence-electron chi connectivity index (χ1n) is 6.22. The van der Waals surface area contributed by atoms with E-state index in [1.54, 1.807) is 0 Å². The summed E-state index contributed by atoms with van der Waals surface area (Å²) in [4.78, 5) is 48.0. The third-order valence-corrected chi connectivity index (χ3v) is 2.48. The maximum atomic E-state index is 11.0. The van der Waals surface area contributed by atoms with Crippen LogP contribution in [0.25, 0.3) is 20.9 Å². The molecular weight excluding hydrogens is 384 g/mol. The average molecular weight is 394 g/mol. The maximum Gasteiger partial charge on any atom is 0.212 e. The normalized spacial score (nSPS) is 9.19. The third kappa shape index (κ3) is 8.18. The van der Waals surface area contributed by atoms with Gasteiger partial charge in [0.15, 0.2) is 33.5 Å². The second kappa shape index (κ2) is 11.1. The maximum absolute atomic E-state index is 11.0. The number of hydrogen-bond acceptors (Lipinski definition) is 10. The summed E-state index contributed by atoms with van der Waals surface area (Å²) in [5.74, 6) is 0. The lowest BCUT2D eigenvalue weighted by Gasteiger charge is -2.22. The molecule has 0 atom stereocenters. The summed E-state index contributed by atoms with van der Waals surface area (Å²) in [5, 5.41) is 44.6. The van der Waals surface area contributed by atoms with Crippen molar-refractivity contribution in [2.75, 3.05) is 33.3 Å². The van der Waals surface area contributed by atoms with E-state index in [9.17, 15) is 40.5 Å². The van der Waals surface area contributed by atoms with Crippen LogP contribution >= 0.6 is 0 Å². The molecule has 0 aromatic rings. The van der Waals surface area contributed by atoms with E-state index in [2.05, 4.69) is 20.1 Å². The van der Waals surface area contributed by atoms with Gasteiger partial charge in [-0.25, -0.2) is 40.5 Å². The number of rotatable bonds is 14. The Labute approximate surface area is 146 Å². The predicted molar refractivity (Wildman–Crippen MR) is 78.0 cm³/mol. The molecule has 0 saturated heterocycles. The largest absolute Gasteiger partial charge is 0.235 e. The first-order valence-corrected chi connectivity index (χ1v) is 6.22. The lowest BCUT2D eigenvalue weighted by atomic mass is 10.7. The van der Waals surface area contributed by atoms with Crippen LogP contribution in [0.4, 0.5) is 0 Å². The average Bonchev–Trinajstić information content (AvgIpc) is 2.58. The van der Waals surface area contributed by atoms with Crippen molar-refractivity contribution in [1.29, 1.82) is 0 Å². The van der Waals surface area contributed by atoms with Gasteiger partial charge in [-0.1, -0.05) is 30.3 Å². The van der Waals surface area contributed by atoms with Crippen LogP contribution in [0.5, 0.6) is 0 Å². The molecule has 148 valence electrons. The number of nitro groups is 4. The van der Waals surface area contributed by atoms with Crippen molar-refractivity contribution in [3.05, 3.63) is 61.3 Å². The van der Waals surface area contributed by atoms with E-state index in [1.807, 2.05) is 0 Å². The Kier molecular flexibility index (Phi) is 9.18. The zero-order chi connectivity index (χ0) is 21.0. The lowest BCUT2D eigenvalue weighted by molar-refractivity contribution is -0.749. The Hall–Kier alpha value is -4.58. The lowest BCUT2D eigenvalue weighted by Crippen LogP contribution is -2.53. The van der Waals surface area contributed by atoms with Crippen molar-refractivity contribution in [2.24, 2.45) is 10.2 Å². The number of azide groups is 2. The quantitative estimate of drug-likeness (QED) is 0.0887. The Morgan fingerprint density at radius 2 is 0.889 bits per heavy atom. The zero-order valence-electron chi connectivity index (χ0n) is 13.1. The molecule has 0 aliphatic heterocycles. The van der Waals surface area contributed by atoms with Crippen molar-refractivity contribution in [2.45, 2.75) is 0 Å². The minimum absolute atomic E-state index is 0.0236. The molecule has 0 amide bonds. The molecule has 27 heavy (non-hydrogen) atoms. The highest BCUT2D eigenvalue weighted by atomic mass is 16.7. The second-order valence-electron chi connectivity index (χ2n) is 4.15. The molecule has 0 aliphatic rings. The molecule has 0 fully saturated rings. The summed E-state index contributed by atoms with van der Waals surface area (Å²) in [5.41, 5.74) is 16.3. The van der Waals surface area contributed by atoms with Gasteiger partial charge in [0.1, 0.15) is 0 Å². The fourth-order valence-corrected chi connectivity index (χ4v) is 1.36. The van der Waals surface area contributed by atoms with E-state index in [1.165, 1.54) is 0 Å². The molecule has 0 aromatic carbocycles. The number of hydrazine groups is 4. The van der Waals surface area contributed by atoms with Gasteiger partial charge in [-0.05, 0) is 11.1 Å². The summed E-state index contributed by atoms with van der Waals surface area (Å²) in [6.07, 6.45) is 0. The van der Waals surface area contributed by atoms with E-state index >= 15 is 0 Å². The van der Waals surface area contributed by atoms with Crippen molar-refractivity contribution >= 4 is 0 Å². The second-order valence-corrected chi connectivity index (χ2v) is 4.15. The van der Waals surface area contributed by atoms with Gasteiger partial charge in [0.25, 0.3) is 0 Å². The number of hydrogen-bond donors (Lipinski definition) is 0. The third-order valence-electron chi connectivity index (χ3n) is 2.48. The molecule has 0 aromatic heterocycles. The molecule has 0 bridgehead atoms. The molecule has 0 saturated carbocycles. The minimum Gasteiger partial charge on any atom is -0.235 e. The Balaban J connectivity index is 5.37. The van der Waals surface area contributed by atoms with E-state index in [0.717, 1.165) is 0 Å². The monoisotopic (exact) mass is 394 g/mol. The minimum atomic E-state index is -1.23. The van der Waals surface area contributed by atoms with Gasteiger partial charge in [-0.3, -0.25) is 0 Å². The van der Waals surface area contributed by atoms with Gasteiger partial charge in [-0.15, -0.1) is 0 Å². The fraction of sp³-hybridized carbons (Fsp3) is 1.00. The molecule has 0 heterocycles. The Morgan fingerprint density at radius 3 is 1.11 bits per heavy atom. The summed E-state index contributed by atoms with van der Waals surface area (Å²) in [6, 6.07) is 0. The fourth-order valence-electron chi connectivity index (χ4n) is 1.36. The highest BCUT2D eigenvalue weighted by molar-refractivity contribution is 4.49. The first kappa shape index (κ1) is 22.4. The van der Waals surface area contributed by atoms with Gasteiger partial charge in [0.2, 0.25) is 20.0 Å². The molecule has 22 nitrogen and oxygen atoms in total. The van der Waals surface area contributed by atoms with Crippen molar-refractivity contribution < 1.29 is 20.1 Å². The van der Waals surface area contributed by atoms with E-state index in [4.69, 9.17) is 11.1 Å². The highest BCUT2D eigenvalue weighted by Crippen LogP contribution is 2.03. The summed E-state index contributed by atoms with van der Waals surface area (Å²) in [7, 11) is 0. The molecule has 0 unspecified atom stereocenters. The van der Waals surface area contributed by atoms with E-state index in [0.29, 0.717) is 0 Å². The molecular formula is C5H10N14O8. The van der Waals surface area contributed by atoms with Crippen molar-refractivity contribution in [1.82, 2.24) is 20.0 Å². The number of nitrogens with zero attached hydrogens (tertiary/aromatic N) is 14. The Bertz CT molecular complexity index is 612. The van der Waals surface area contributed by atoms with Crippen LogP contribution in [0.1, 0.15) is 0 Å². The van der Waals surface area contributed by atoms with Crippen LogP contribution in [0, 0.1) is 40.5 Å². The van der Waals surface area contributed by atoms with Crippen molar-refractivity contribution in [3.63, 3.8) is 0 Å². The van der Waals surface area contributed by atoms with Crippen molar-refractivity contribution in [3.8, 4) is 0 Å².